The summed E-state index contributed by atoms with van der Waals surface area (Å²) in [6.07, 6.45) is 1.44. The molecule has 0 radical (unpaired) electrons. The van der Waals surface area contributed by atoms with Gasteiger partial charge in [-0.05, 0) is 90.2 Å². The molecule has 1 heterocycles. The van der Waals surface area contributed by atoms with Crippen LogP contribution in [-0.4, -0.2) is 12.1 Å². The number of hydrogen-bond donors (Lipinski definition) is 0. The van der Waals surface area contributed by atoms with Gasteiger partial charge in [0.15, 0.2) is 0 Å². The Balaban J connectivity index is 1.76. The first-order chi connectivity index (χ1) is 17.0. The number of benzene rings is 3. The molecular weight excluding hydrogens is 527 g/mol. The predicted octanol–water partition coefficient (Wildman–Crippen LogP) is 8.25. The number of fused-ring (bicyclic) bond motifs is 1. The Morgan fingerprint density at radius 1 is 0.943 bits per heavy atom. The fourth-order valence-electron chi connectivity index (χ4n) is 4.38. The fraction of sp³-hybridized carbons (Fsp3) is 0.103. The van der Waals surface area contributed by atoms with E-state index in [1.54, 1.807) is 19.2 Å². The molecule has 5 rings (SSSR count). The number of ether oxygens (including phenoxy) is 1. The summed E-state index contributed by atoms with van der Waals surface area (Å²) < 4.78 is 19.9. The lowest BCUT2D eigenvalue weighted by Crippen LogP contribution is -2.06. The highest BCUT2D eigenvalue weighted by molar-refractivity contribution is 9.10. The van der Waals surface area contributed by atoms with Gasteiger partial charge in [0.1, 0.15) is 17.6 Å². The number of aryl methyl sites for hydroxylation is 1. The molecule has 1 aliphatic carbocycles. The van der Waals surface area contributed by atoms with Crippen LogP contribution in [0.4, 0.5) is 4.39 Å². The van der Waals surface area contributed by atoms with Crippen molar-refractivity contribution in [2.24, 2.45) is 0 Å². The Morgan fingerprint density at radius 3 is 2.34 bits per heavy atom. The Morgan fingerprint density at radius 2 is 1.66 bits per heavy atom. The van der Waals surface area contributed by atoms with Gasteiger partial charge in [0.2, 0.25) is 0 Å². The third kappa shape index (κ3) is 4.48. The van der Waals surface area contributed by atoms with Crippen molar-refractivity contribution < 1.29 is 9.13 Å². The summed E-state index contributed by atoms with van der Waals surface area (Å²) in [6, 6.07) is 24.0. The zero-order valence-electron chi connectivity index (χ0n) is 18.8. The highest BCUT2D eigenvalue weighted by Crippen LogP contribution is 2.43. The van der Waals surface area contributed by atoms with Crippen LogP contribution in [0.25, 0.3) is 33.1 Å². The zero-order valence-corrected chi connectivity index (χ0v) is 21.1. The minimum absolute atomic E-state index is 0.319. The van der Waals surface area contributed by atoms with Gasteiger partial charge in [-0.1, -0.05) is 39.7 Å². The van der Waals surface area contributed by atoms with E-state index in [1.165, 1.54) is 12.1 Å². The molecule has 0 spiro atoms. The van der Waals surface area contributed by atoms with Crippen LogP contribution in [0, 0.1) is 17.1 Å². The minimum Gasteiger partial charge on any atom is -0.497 e. The van der Waals surface area contributed by atoms with Gasteiger partial charge in [-0.15, -0.1) is 0 Å². The van der Waals surface area contributed by atoms with Gasteiger partial charge in [-0.2, -0.15) is 5.26 Å². The number of methoxy groups -OCH3 is 1. The summed E-state index contributed by atoms with van der Waals surface area (Å²) in [5.41, 5.74) is 6.92. The van der Waals surface area contributed by atoms with Gasteiger partial charge < -0.3 is 4.74 Å². The van der Waals surface area contributed by atoms with Crippen LogP contribution >= 0.6 is 27.5 Å². The fourth-order valence-corrected chi connectivity index (χ4v) is 5.03. The first-order valence-corrected chi connectivity index (χ1v) is 12.2. The van der Waals surface area contributed by atoms with Crippen molar-refractivity contribution >= 4 is 38.1 Å². The largest absolute Gasteiger partial charge is 0.497 e. The van der Waals surface area contributed by atoms with Crippen molar-refractivity contribution in [2.45, 2.75) is 12.8 Å². The second kappa shape index (κ2) is 9.65. The molecule has 35 heavy (non-hydrogen) atoms. The molecule has 0 fully saturated rings. The lowest BCUT2D eigenvalue weighted by molar-refractivity contribution is 0.414. The third-order valence-electron chi connectivity index (χ3n) is 6.17. The Bertz CT molecular complexity index is 1510. The maximum Gasteiger partial charge on any atom is 0.123 e. The van der Waals surface area contributed by atoms with Crippen molar-refractivity contribution in [2.75, 3.05) is 7.11 Å². The third-order valence-corrected chi connectivity index (χ3v) is 7.13. The summed E-state index contributed by atoms with van der Waals surface area (Å²) in [5.74, 6) is 0.468. The Kier molecular flexibility index (Phi) is 6.42. The molecule has 0 saturated heterocycles. The van der Waals surface area contributed by atoms with E-state index in [1.807, 2.05) is 48.5 Å². The molecule has 0 N–H and O–H groups in total. The molecule has 0 atom stereocenters. The quantitative estimate of drug-likeness (QED) is 0.259. The molecule has 0 saturated carbocycles. The zero-order chi connectivity index (χ0) is 24.5. The number of nitriles is 1. The van der Waals surface area contributed by atoms with Crippen LogP contribution in [0.3, 0.4) is 0 Å². The molecule has 0 bridgehead atoms. The van der Waals surface area contributed by atoms with E-state index >= 15 is 0 Å². The topological polar surface area (TPSA) is 45.9 Å². The van der Waals surface area contributed by atoms with E-state index in [0.29, 0.717) is 28.4 Å². The normalized spacial score (nSPS) is 12.8. The highest BCUT2D eigenvalue weighted by Gasteiger charge is 2.24. The molecule has 3 aromatic carbocycles. The van der Waals surface area contributed by atoms with Gasteiger partial charge in [-0.25, -0.2) is 9.37 Å². The number of rotatable bonds is 4. The van der Waals surface area contributed by atoms with Gasteiger partial charge in [-0.3, -0.25) is 0 Å². The SMILES string of the molecule is COc1ccc2c(c1)CCC(c1cc(-c3ccc(F)cc3)nc(-c3ccc(Br)cc3)c1C#N)=C2Cl. The van der Waals surface area contributed by atoms with E-state index in [0.717, 1.165) is 50.0 Å². The monoisotopic (exact) mass is 544 g/mol. The van der Waals surface area contributed by atoms with E-state index in [-0.39, 0.29) is 5.82 Å². The van der Waals surface area contributed by atoms with Crippen molar-refractivity contribution in [1.29, 1.82) is 5.26 Å². The van der Waals surface area contributed by atoms with E-state index in [2.05, 4.69) is 22.0 Å². The van der Waals surface area contributed by atoms with Crippen molar-refractivity contribution in [3.05, 3.63) is 105 Å². The van der Waals surface area contributed by atoms with Gasteiger partial charge in [0.25, 0.3) is 0 Å². The van der Waals surface area contributed by atoms with Crippen LogP contribution in [-0.2, 0) is 6.42 Å². The number of aromatic nitrogens is 1. The first kappa shape index (κ1) is 23.3. The summed E-state index contributed by atoms with van der Waals surface area (Å²) in [7, 11) is 1.64. The smallest absolute Gasteiger partial charge is 0.123 e. The average molecular weight is 546 g/mol. The number of allylic oxidation sites excluding steroid dienone is 1. The highest BCUT2D eigenvalue weighted by atomic mass is 79.9. The van der Waals surface area contributed by atoms with Crippen molar-refractivity contribution in [3.8, 4) is 34.3 Å². The lowest BCUT2D eigenvalue weighted by Gasteiger charge is -2.23. The molecule has 0 amide bonds. The van der Waals surface area contributed by atoms with Gasteiger partial charge >= 0.3 is 0 Å². The number of halogens is 3. The summed E-state index contributed by atoms with van der Waals surface area (Å²) in [4.78, 5) is 4.85. The predicted molar refractivity (Wildman–Crippen MR) is 141 cm³/mol. The second-order valence-electron chi connectivity index (χ2n) is 8.22. The molecule has 3 nitrogen and oxygen atoms in total. The molecule has 1 aromatic heterocycles. The van der Waals surface area contributed by atoms with Crippen molar-refractivity contribution in [1.82, 2.24) is 4.98 Å². The van der Waals surface area contributed by atoms with E-state index < -0.39 is 0 Å². The molecule has 6 heteroatoms. The number of hydrogen-bond acceptors (Lipinski definition) is 3. The molecule has 0 unspecified atom stereocenters. The summed E-state index contributed by atoms with van der Waals surface area (Å²) >= 11 is 10.4. The molecule has 4 aromatic rings. The van der Waals surface area contributed by atoms with Crippen LogP contribution < -0.4 is 4.74 Å². The second-order valence-corrected chi connectivity index (χ2v) is 9.51. The molecule has 172 valence electrons. The van der Waals surface area contributed by atoms with E-state index in [4.69, 9.17) is 21.3 Å². The first-order valence-electron chi connectivity index (χ1n) is 11.0. The maximum atomic E-state index is 13.6. The molecule has 0 aliphatic heterocycles. The average Bonchev–Trinajstić information content (AvgIpc) is 2.89. The molecular formula is C29H19BrClFN2O. The molecule has 1 aliphatic rings. The maximum absolute atomic E-state index is 13.6. The van der Waals surface area contributed by atoms with Crippen molar-refractivity contribution in [3.63, 3.8) is 0 Å². The lowest BCUT2D eigenvalue weighted by atomic mass is 9.85. The Labute approximate surface area is 216 Å². The van der Waals surface area contributed by atoms with E-state index in [9.17, 15) is 9.65 Å². The van der Waals surface area contributed by atoms with Crippen LogP contribution in [0.5, 0.6) is 5.75 Å². The summed E-state index contributed by atoms with van der Waals surface area (Å²) in [5, 5.41) is 10.9. The van der Waals surface area contributed by atoms with Gasteiger partial charge in [0, 0.05) is 21.2 Å². The van der Waals surface area contributed by atoms with Gasteiger partial charge in [0.05, 0.1) is 29.1 Å². The number of nitrogens with zero attached hydrogens (tertiary/aromatic N) is 2. The minimum atomic E-state index is -0.319. The number of pyridine rings is 1. The van der Waals surface area contributed by atoms with Crippen LogP contribution in [0.15, 0.2) is 77.3 Å². The standard InChI is InChI=1S/C29H19BrClFN2O/c1-35-22-11-13-23-19(14-22)6-12-24(28(23)31)25-15-27(17-4-9-21(32)10-5-17)34-29(26(25)16-33)18-2-7-20(30)8-3-18/h2-5,7-11,13-15H,6,12H2,1H3. The Hall–Kier alpha value is -3.46. The summed E-state index contributed by atoms with van der Waals surface area (Å²) in [6.45, 7) is 0. The van der Waals surface area contributed by atoms with Crippen LogP contribution in [0.2, 0.25) is 0 Å². The van der Waals surface area contributed by atoms with Crippen LogP contribution in [0.1, 0.15) is 28.7 Å².